The predicted molar refractivity (Wildman–Crippen MR) is 29.7 cm³/mol. The average Bonchev–Trinajstić information content (AvgIpc) is 1.68. The van der Waals surface area contributed by atoms with Crippen LogP contribution in [0.15, 0.2) is 0 Å². The van der Waals surface area contributed by atoms with Gasteiger partial charge in [0.25, 0.3) is 0 Å². The van der Waals surface area contributed by atoms with E-state index in [1.54, 1.807) is 0 Å². The Morgan fingerprint density at radius 1 is 1.86 bits per heavy atom. The topological polar surface area (TPSA) is 20.2 Å². The highest BCUT2D eigenvalue weighted by atomic mass is 16.2. The molecule has 1 nitrogen and oxygen atoms in total. The van der Waals surface area contributed by atoms with Crippen LogP contribution in [0.4, 0.5) is 0 Å². The molecule has 0 saturated heterocycles. The number of aliphatic hydroxyl groups is 1. The van der Waals surface area contributed by atoms with E-state index in [0.29, 0.717) is 0 Å². The molecule has 7 heavy (non-hydrogen) atoms. The monoisotopic (exact) mass is 98.1 g/mol. The van der Waals surface area contributed by atoms with Crippen molar-refractivity contribution in [2.75, 3.05) is 6.61 Å². The van der Waals surface area contributed by atoms with Crippen LogP contribution in [-0.4, -0.2) is 11.7 Å². The van der Waals surface area contributed by atoms with E-state index < -0.39 is 0 Å². The smallest absolute Gasteiger partial charge is 0.0442 e. The largest absolute Gasteiger partial charge is 0.396 e. The second-order valence-corrected chi connectivity index (χ2v) is 1.58. The van der Waals surface area contributed by atoms with Gasteiger partial charge in [0, 0.05) is 12.5 Å². The highest BCUT2D eigenvalue weighted by molar-refractivity contribution is 4.89. The van der Waals surface area contributed by atoms with Gasteiger partial charge < -0.3 is 5.11 Å². The molecule has 0 aromatic carbocycles. The molecule has 0 aliphatic rings. The van der Waals surface area contributed by atoms with Gasteiger partial charge in [0.05, 0.1) is 0 Å². The molecule has 0 heterocycles. The SMILES string of the molecule is C#C[C@H](C)CCO. The zero-order valence-electron chi connectivity index (χ0n) is 4.52. The Hall–Kier alpha value is -0.480. The summed E-state index contributed by atoms with van der Waals surface area (Å²) in [5, 5.41) is 8.27. The van der Waals surface area contributed by atoms with Crippen LogP contribution >= 0.6 is 0 Å². The number of rotatable bonds is 2. The minimum Gasteiger partial charge on any atom is -0.396 e. The Labute approximate surface area is 44.4 Å². The minimum atomic E-state index is 0.200. The summed E-state index contributed by atoms with van der Waals surface area (Å²) in [6.07, 6.45) is 5.72. The van der Waals surface area contributed by atoms with Crippen molar-refractivity contribution in [3.05, 3.63) is 0 Å². The molecule has 0 bridgehead atoms. The van der Waals surface area contributed by atoms with E-state index in [9.17, 15) is 0 Å². The third-order valence-corrected chi connectivity index (χ3v) is 0.847. The molecule has 0 aromatic rings. The highest BCUT2D eigenvalue weighted by Gasteiger charge is 1.90. The molecule has 1 atom stereocenters. The van der Waals surface area contributed by atoms with E-state index in [1.807, 2.05) is 6.92 Å². The van der Waals surface area contributed by atoms with Gasteiger partial charge >= 0.3 is 0 Å². The van der Waals surface area contributed by atoms with Crippen molar-refractivity contribution in [2.24, 2.45) is 5.92 Å². The van der Waals surface area contributed by atoms with Crippen LogP contribution < -0.4 is 0 Å². The summed E-state index contributed by atoms with van der Waals surface area (Å²) in [4.78, 5) is 0. The van der Waals surface area contributed by atoms with Crippen molar-refractivity contribution in [3.8, 4) is 12.3 Å². The zero-order chi connectivity index (χ0) is 5.70. The maximum atomic E-state index is 8.27. The van der Waals surface area contributed by atoms with Gasteiger partial charge in [0.1, 0.15) is 0 Å². The van der Waals surface area contributed by atoms with Crippen LogP contribution in [0.2, 0.25) is 0 Å². The van der Waals surface area contributed by atoms with Crippen molar-refractivity contribution in [3.63, 3.8) is 0 Å². The summed E-state index contributed by atoms with van der Waals surface area (Å²) in [5.41, 5.74) is 0. The lowest BCUT2D eigenvalue weighted by molar-refractivity contribution is 0.276. The van der Waals surface area contributed by atoms with Crippen molar-refractivity contribution in [1.29, 1.82) is 0 Å². The fraction of sp³-hybridized carbons (Fsp3) is 0.667. The van der Waals surface area contributed by atoms with Gasteiger partial charge in [-0.1, -0.05) is 6.92 Å². The molecule has 1 N–H and O–H groups in total. The van der Waals surface area contributed by atoms with Crippen LogP contribution in [0.5, 0.6) is 0 Å². The van der Waals surface area contributed by atoms with Crippen LogP contribution in [0.1, 0.15) is 13.3 Å². The van der Waals surface area contributed by atoms with E-state index in [0.717, 1.165) is 6.42 Å². The number of hydrogen-bond donors (Lipinski definition) is 1. The maximum absolute atomic E-state index is 8.27. The maximum Gasteiger partial charge on any atom is 0.0442 e. The fourth-order valence-electron chi connectivity index (χ4n) is 0.277. The van der Waals surface area contributed by atoms with Gasteiger partial charge in [-0.05, 0) is 6.42 Å². The van der Waals surface area contributed by atoms with Gasteiger partial charge in [-0.2, -0.15) is 0 Å². The van der Waals surface area contributed by atoms with Crippen LogP contribution in [0, 0.1) is 18.3 Å². The molecule has 0 aliphatic heterocycles. The van der Waals surface area contributed by atoms with E-state index in [1.165, 1.54) is 0 Å². The molecule has 0 amide bonds. The fourth-order valence-corrected chi connectivity index (χ4v) is 0.277. The standard InChI is InChI=1S/C6H10O/c1-3-6(2)4-5-7/h1,6-7H,4-5H2,2H3/t6-/m0/s1. The summed E-state index contributed by atoms with van der Waals surface area (Å²) in [5.74, 6) is 2.73. The second kappa shape index (κ2) is 3.70. The summed E-state index contributed by atoms with van der Waals surface area (Å²) >= 11 is 0. The first-order valence-electron chi connectivity index (χ1n) is 2.38. The molecule has 40 valence electrons. The minimum absolute atomic E-state index is 0.200. The van der Waals surface area contributed by atoms with Crippen LogP contribution in [0.3, 0.4) is 0 Å². The molecular weight excluding hydrogens is 88.1 g/mol. The van der Waals surface area contributed by atoms with Crippen LogP contribution in [0.25, 0.3) is 0 Å². The van der Waals surface area contributed by atoms with E-state index in [-0.39, 0.29) is 12.5 Å². The Morgan fingerprint density at radius 3 is 2.57 bits per heavy atom. The van der Waals surface area contributed by atoms with E-state index in [4.69, 9.17) is 11.5 Å². The normalized spacial score (nSPS) is 12.7. The molecule has 0 radical (unpaired) electrons. The van der Waals surface area contributed by atoms with Gasteiger partial charge in [0.15, 0.2) is 0 Å². The molecule has 0 aliphatic carbocycles. The molecular formula is C6H10O. The Morgan fingerprint density at radius 2 is 2.43 bits per heavy atom. The lowest BCUT2D eigenvalue weighted by Gasteiger charge is -1.95. The third kappa shape index (κ3) is 3.35. The first-order chi connectivity index (χ1) is 3.31. The van der Waals surface area contributed by atoms with Gasteiger partial charge in [0.2, 0.25) is 0 Å². The van der Waals surface area contributed by atoms with Crippen molar-refractivity contribution < 1.29 is 5.11 Å². The first-order valence-corrected chi connectivity index (χ1v) is 2.38. The lowest BCUT2D eigenvalue weighted by atomic mass is 10.1. The lowest BCUT2D eigenvalue weighted by Crippen LogP contribution is -1.92. The average molecular weight is 98.1 g/mol. The Balaban J connectivity index is 3.04. The molecule has 0 spiro atoms. The molecule has 0 saturated carbocycles. The van der Waals surface area contributed by atoms with Crippen molar-refractivity contribution in [1.82, 2.24) is 0 Å². The third-order valence-electron chi connectivity index (χ3n) is 0.847. The number of aliphatic hydroxyl groups excluding tert-OH is 1. The Kier molecular flexibility index (Phi) is 3.45. The van der Waals surface area contributed by atoms with Gasteiger partial charge in [-0.25, -0.2) is 0 Å². The molecule has 0 rings (SSSR count). The Bertz CT molecular complexity index is 70.7. The summed E-state index contributed by atoms with van der Waals surface area (Å²) in [6.45, 7) is 2.11. The van der Waals surface area contributed by atoms with Crippen molar-refractivity contribution in [2.45, 2.75) is 13.3 Å². The summed E-state index contributed by atoms with van der Waals surface area (Å²) < 4.78 is 0. The first kappa shape index (κ1) is 6.52. The summed E-state index contributed by atoms with van der Waals surface area (Å²) in [6, 6.07) is 0. The number of terminal acetylenes is 1. The summed E-state index contributed by atoms with van der Waals surface area (Å²) in [7, 11) is 0. The predicted octanol–water partition coefficient (Wildman–Crippen LogP) is 0.638. The molecule has 1 heteroatoms. The zero-order valence-corrected chi connectivity index (χ0v) is 4.52. The van der Waals surface area contributed by atoms with Crippen molar-refractivity contribution >= 4 is 0 Å². The van der Waals surface area contributed by atoms with Gasteiger partial charge in [-0.3, -0.25) is 0 Å². The molecule has 0 unspecified atom stereocenters. The van der Waals surface area contributed by atoms with Crippen LogP contribution in [-0.2, 0) is 0 Å². The quantitative estimate of drug-likeness (QED) is 0.502. The van der Waals surface area contributed by atoms with E-state index >= 15 is 0 Å². The second-order valence-electron chi connectivity index (χ2n) is 1.58. The van der Waals surface area contributed by atoms with Gasteiger partial charge in [-0.15, -0.1) is 12.3 Å². The highest BCUT2D eigenvalue weighted by Crippen LogP contribution is 1.95. The molecule has 0 fully saturated rings. The van der Waals surface area contributed by atoms with E-state index in [2.05, 4.69) is 5.92 Å². The number of hydrogen-bond acceptors (Lipinski definition) is 1. The molecule has 0 aromatic heterocycles.